The molecule has 3 heterocycles. The molecule has 4 rings (SSSR count). The van der Waals surface area contributed by atoms with Crippen LogP contribution in [0.25, 0.3) is 5.00 Å². The smallest absolute Gasteiger partial charge is 0.341 e. The topological polar surface area (TPSA) is 98.7 Å². The fraction of sp³-hybridized carbons (Fsp3) is 0.292. The zero-order valence-electron chi connectivity index (χ0n) is 18.9. The first kappa shape index (κ1) is 23.9. The molecule has 0 saturated heterocycles. The van der Waals surface area contributed by atoms with Crippen LogP contribution in [0.2, 0.25) is 0 Å². The summed E-state index contributed by atoms with van der Waals surface area (Å²) in [6.45, 7) is 1.17. The van der Waals surface area contributed by atoms with E-state index in [0.717, 1.165) is 34.1 Å². The third kappa shape index (κ3) is 5.45. The van der Waals surface area contributed by atoms with Gasteiger partial charge in [0.25, 0.3) is 5.91 Å². The molecule has 2 amide bonds. The van der Waals surface area contributed by atoms with Crippen LogP contribution < -0.4 is 15.4 Å². The minimum atomic E-state index is -0.554. The number of nitrogens with zero attached hydrogens (tertiary/aromatic N) is 1. The predicted octanol–water partition coefficient (Wildman–Crippen LogP) is 3.56. The van der Waals surface area contributed by atoms with Gasteiger partial charge in [-0.25, -0.2) is 4.79 Å². The van der Waals surface area contributed by atoms with Crippen LogP contribution in [0.3, 0.4) is 0 Å². The molecule has 0 spiro atoms. The summed E-state index contributed by atoms with van der Waals surface area (Å²) in [5, 5.41) is 6.00. The average molecular weight is 500 g/mol. The highest BCUT2D eigenvalue weighted by Gasteiger charge is 2.27. The summed E-state index contributed by atoms with van der Waals surface area (Å²) in [6, 6.07) is 9.20. The summed E-state index contributed by atoms with van der Waals surface area (Å²) < 4.78 is 12.5. The van der Waals surface area contributed by atoms with E-state index in [1.165, 1.54) is 12.0 Å². The maximum Gasteiger partial charge on any atom is 0.341 e. The monoisotopic (exact) mass is 499 g/mol. The predicted molar refractivity (Wildman–Crippen MR) is 133 cm³/mol. The first-order chi connectivity index (χ1) is 16.5. The zero-order valence-corrected chi connectivity index (χ0v) is 20.5. The highest BCUT2D eigenvalue weighted by molar-refractivity contribution is 7.98. The number of thioether (sulfide) groups is 1. The molecule has 10 heteroatoms. The van der Waals surface area contributed by atoms with Crippen molar-refractivity contribution >= 4 is 46.6 Å². The number of esters is 1. The Balaban J connectivity index is 1.34. The zero-order chi connectivity index (χ0) is 24.1. The van der Waals surface area contributed by atoms with Crippen molar-refractivity contribution < 1.29 is 23.9 Å². The number of rotatable bonds is 8. The van der Waals surface area contributed by atoms with E-state index in [9.17, 15) is 14.4 Å². The second-order valence-corrected chi connectivity index (χ2v) is 9.87. The van der Waals surface area contributed by atoms with Gasteiger partial charge in [-0.05, 0) is 54.5 Å². The Hall–Kier alpha value is -3.24. The Morgan fingerprint density at radius 2 is 1.94 bits per heavy atom. The lowest BCUT2D eigenvalue weighted by Crippen LogP contribution is -2.35. The van der Waals surface area contributed by atoms with Crippen LogP contribution in [-0.4, -0.2) is 48.4 Å². The fourth-order valence-electron chi connectivity index (χ4n) is 3.63. The van der Waals surface area contributed by atoms with Gasteiger partial charge in [0.1, 0.15) is 10.8 Å². The van der Waals surface area contributed by atoms with Crippen LogP contribution in [0.1, 0.15) is 26.4 Å². The first-order valence-electron chi connectivity index (χ1n) is 10.7. The summed E-state index contributed by atoms with van der Waals surface area (Å²) in [4.78, 5) is 38.7. The van der Waals surface area contributed by atoms with Crippen molar-refractivity contribution in [2.45, 2.75) is 19.1 Å². The largest absolute Gasteiger partial charge is 0.495 e. The molecule has 34 heavy (non-hydrogen) atoms. The second kappa shape index (κ2) is 10.8. The highest BCUT2D eigenvalue weighted by Crippen LogP contribution is 2.38. The number of thiophene rings is 1. The van der Waals surface area contributed by atoms with Crippen LogP contribution in [0, 0.1) is 6.92 Å². The van der Waals surface area contributed by atoms with Crippen LogP contribution in [0.15, 0.2) is 42.7 Å². The number of ether oxygens (including phenoxy) is 2. The number of hydrogen-bond donors (Lipinski definition) is 2. The Kier molecular flexibility index (Phi) is 7.59. The number of aryl methyl sites for hydroxylation is 1. The molecular formula is C24H25N3O5S2. The average Bonchev–Trinajstić information content (AvgIpc) is 3.49. The van der Waals surface area contributed by atoms with Crippen molar-refractivity contribution in [1.29, 1.82) is 0 Å². The van der Waals surface area contributed by atoms with Crippen LogP contribution in [0.4, 0.5) is 5.69 Å². The molecule has 0 bridgehead atoms. The maximum absolute atomic E-state index is 13.0. The van der Waals surface area contributed by atoms with E-state index in [1.54, 1.807) is 23.5 Å². The normalized spacial score (nSPS) is 12.5. The Bertz CT molecular complexity index is 1200. The number of fused-ring (bicyclic) bond motifs is 1. The molecule has 0 fully saturated rings. The lowest BCUT2D eigenvalue weighted by atomic mass is 10.1. The van der Waals surface area contributed by atoms with Crippen LogP contribution >= 0.6 is 23.1 Å². The number of amides is 2. The summed E-state index contributed by atoms with van der Waals surface area (Å²) in [6.07, 6.45) is 4.56. The van der Waals surface area contributed by atoms with Gasteiger partial charge in [0.15, 0.2) is 6.61 Å². The standard InChI is InChI=1S/C24H25N3O5S2/c1-15-5-6-18(31-2)17(11-15)26-20(28)12-25-21(29)13-32-24(30)22-16-7-10-33-14-19(16)34-23(22)27-8-3-4-9-27/h3-6,8-9,11H,7,10,12-14H2,1-2H3,(H,25,29)(H,26,28). The van der Waals surface area contributed by atoms with Gasteiger partial charge in [-0.3, -0.25) is 9.59 Å². The van der Waals surface area contributed by atoms with Gasteiger partial charge in [0.2, 0.25) is 5.91 Å². The van der Waals surface area contributed by atoms with Gasteiger partial charge in [0, 0.05) is 23.0 Å². The number of carbonyl (C=O) groups excluding carboxylic acids is 3. The molecule has 2 N–H and O–H groups in total. The van der Waals surface area contributed by atoms with E-state index in [0.29, 0.717) is 17.0 Å². The van der Waals surface area contributed by atoms with Crippen LogP contribution in [0.5, 0.6) is 5.75 Å². The van der Waals surface area contributed by atoms with Crippen molar-refractivity contribution in [1.82, 2.24) is 9.88 Å². The molecule has 0 atom stereocenters. The van der Waals surface area contributed by atoms with Crippen molar-refractivity contribution in [3.63, 3.8) is 0 Å². The van der Waals surface area contributed by atoms with Crippen molar-refractivity contribution in [3.05, 3.63) is 64.3 Å². The van der Waals surface area contributed by atoms with E-state index < -0.39 is 24.4 Å². The van der Waals surface area contributed by atoms with Gasteiger partial charge in [-0.15, -0.1) is 11.3 Å². The number of hydrogen-bond acceptors (Lipinski definition) is 7. The number of methoxy groups -OCH3 is 1. The molecule has 1 aliphatic heterocycles. The van der Waals surface area contributed by atoms with E-state index in [2.05, 4.69) is 10.6 Å². The van der Waals surface area contributed by atoms with E-state index in [1.807, 2.05) is 53.8 Å². The number of benzene rings is 1. The quantitative estimate of drug-likeness (QED) is 0.460. The number of aromatic nitrogens is 1. The first-order valence-corrected chi connectivity index (χ1v) is 12.7. The maximum atomic E-state index is 13.0. The molecule has 178 valence electrons. The second-order valence-electron chi connectivity index (χ2n) is 7.68. The lowest BCUT2D eigenvalue weighted by Gasteiger charge is -2.13. The van der Waals surface area contributed by atoms with E-state index in [-0.39, 0.29) is 6.54 Å². The number of anilines is 1. The van der Waals surface area contributed by atoms with Gasteiger partial charge >= 0.3 is 5.97 Å². The van der Waals surface area contributed by atoms with Crippen molar-refractivity contribution in [2.24, 2.45) is 0 Å². The minimum absolute atomic E-state index is 0.257. The lowest BCUT2D eigenvalue weighted by molar-refractivity contribution is -0.126. The third-order valence-electron chi connectivity index (χ3n) is 5.25. The summed E-state index contributed by atoms with van der Waals surface area (Å²) in [7, 11) is 1.52. The molecule has 0 aliphatic carbocycles. The van der Waals surface area contributed by atoms with Gasteiger partial charge in [-0.1, -0.05) is 6.07 Å². The summed E-state index contributed by atoms with van der Waals surface area (Å²) >= 11 is 3.42. The highest BCUT2D eigenvalue weighted by atomic mass is 32.2. The molecule has 0 radical (unpaired) electrons. The number of carbonyl (C=O) groups is 3. The van der Waals surface area contributed by atoms with Gasteiger partial charge in [-0.2, -0.15) is 11.8 Å². The Labute approximate surface area is 205 Å². The SMILES string of the molecule is COc1ccc(C)cc1NC(=O)CNC(=O)COC(=O)c1c(-n2cccc2)sc2c1CCSC2. The van der Waals surface area contributed by atoms with Crippen molar-refractivity contribution in [2.75, 3.05) is 31.3 Å². The fourth-order valence-corrected chi connectivity index (χ4v) is 6.06. The molecular weight excluding hydrogens is 474 g/mol. The Morgan fingerprint density at radius 3 is 2.71 bits per heavy atom. The third-order valence-corrected chi connectivity index (χ3v) is 7.67. The molecule has 2 aromatic heterocycles. The molecule has 0 saturated carbocycles. The van der Waals surface area contributed by atoms with E-state index >= 15 is 0 Å². The Morgan fingerprint density at radius 1 is 1.15 bits per heavy atom. The molecule has 1 aliphatic rings. The molecule has 1 aromatic carbocycles. The molecule has 3 aromatic rings. The van der Waals surface area contributed by atoms with Crippen molar-refractivity contribution in [3.8, 4) is 10.8 Å². The van der Waals surface area contributed by atoms with Crippen LogP contribution in [-0.2, 0) is 26.5 Å². The number of nitrogens with one attached hydrogen (secondary N) is 2. The summed E-state index contributed by atoms with van der Waals surface area (Å²) in [5.74, 6) is 0.830. The van der Waals surface area contributed by atoms with E-state index in [4.69, 9.17) is 9.47 Å². The van der Waals surface area contributed by atoms with Gasteiger partial charge < -0.3 is 24.7 Å². The van der Waals surface area contributed by atoms with Gasteiger partial charge in [0.05, 0.1) is 24.9 Å². The minimum Gasteiger partial charge on any atom is -0.495 e. The molecule has 8 nitrogen and oxygen atoms in total. The molecule has 0 unspecified atom stereocenters. The summed E-state index contributed by atoms with van der Waals surface area (Å²) in [5.41, 5.74) is 3.00.